The van der Waals surface area contributed by atoms with Crippen LogP contribution in [0.2, 0.25) is 0 Å². The van der Waals surface area contributed by atoms with Crippen LogP contribution in [0, 0.1) is 5.41 Å². The average Bonchev–Trinajstić information content (AvgIpc) is 2.98. The fraction of sp³-hybridized carbons (Fsp3) is 0.583. The maximum Gasteiger partial charge on any atom is 0.276 e. The number of nitrogens with two attached hydrogens (primary N) is 1. The van der Waals surface area contributed by atoms with Gasteiger partial charge >= 0.3 is 0 Å². The molecular weight excluding hydrogens is 344 g/mol. The highest BCUT2D eigenvalue weighted by molar-refractivity contribution is 7.86. The third kappa shape index (κ3) is 2.65. The average molecular weight is 361 g/mol. The summed E-state index contributed by atoms with van der Waals surface area (Å²) in [5.74, 6) is 1.27. The first kappa shape index (κ1) is 16.4. The van der Waals surface area contributed by atoms with Crippen molar-refractivity contribution in [1.29, 1.82) is 0 Å². The summed E-state index contributed by atoms with van der Waals surface area (Å²) in [6.07, 6.45) is 2.53. The number of nitrogens with one attached hydrogen (secondary N) is 1. The van der Waals surface area contributed by atoms with Crippen molar-refractivity contribution >= 4 is 40.2 Å². The molecule has 0 unspecified atom stereocenters. The lowest BCUT2D eigenvalue weighted by molar-refractivity contribution is -0.115. The molecule has 4 heterocycles. The van der Waals surface area contributed by atoms with Gasteiger partial charge in [-0.2, -0.15) is 12.7 Å². The minimum Gasteiger partial charge on any atom is -0.355 e. The van der Waals surface area contributed by atoms with Gasteiger partial charge < -0.3 is 10.2 Å². The Bertz CT molecular complexity index is 764. The summed E-state index contributed by atoms with van der Waals surface area (Å²) in [6.45, 7) is 2.36. The van der Waals surface area contributed by atoms with E-state index in [9.17, 15) is 13.2 Å². The van der Waals surface area contributed by atoms with Crippen molar-refractivity contribution in [3.05, 3.63) is 11.9 Å². The topological polar surface area (TPSA) is 122 Å². The highest BCUT2D eigenvalue weighted by Crippen LogP contribution is 2.43. The summed E-state index contributed by atoms with van der Waals surface area (Å²) in [6, 6.07) is 0. The maximum absolute atomic E-state index is 11.5. The van der Waals surface area contributed by atoms with Gasteiger partial charge in [0, 0.05) is 37.2 Å². The smallest absolute Gasteiger partial charge is 0.276 e. The fourth-order valence-corrected chi connectivity index (χ4v) is 4.37. The van der Waals surface area contributed by atoms with E-state index in [4.69, 9.17) is 5.14 Å². The van der Waals surface area contributed by atoms with Crippen molar-refractivity contribution < 1.29 is 13.2 Å². The zero-order chi connectivity index (χ0) is 15.5. The predicted molar refractivity (Wildman–Crippen MR) is 85.6 cm³/mol. The van der Waals surface area contributed by atoms with E-state index in [1.54, 1.807) is 0 Å². The zero-order valence-electron chi connectivity index (χ0n) is 12.2. The van der Waals surface area contributed by atoms with Crippen LogP contribution in [0.15, 0.2) is 6.33 Å². The molecule has 1 aromatic rings. The second kappa shape index (κ2) is 5.26. The maximum atomic E-state index is 11.5. The molecule has 4 rings (SSSR count). The van der Waals surface area contributed by atoms with Crippen molar-refractivity contribution in [2.45, 2.75) is 12.8 Å². The molecule has 0 atom stereocenters. The number of hydrogen-bond donors (Lipinski definition) is 2. The molecule has 3 aliphatic heterocycles. The van der Waals surface area contributed by atoms with E-state index >= 15 is 0 Å². The highest BCUT2D eigenvalue weighted by Gasteiger charge is 2.50. The van der Waals surface area contributed by atoms with E-state index in [2.05, 4.69) is 20.2 Å². The van der Waals surface area contributed by atoms with Gasteiger partial charge in [-0.25, -0.2) is 15.1 Å². The Morgan fingerprint density at radius 3 is 2.65 bits per heavy atom. The number of fused-ring (bicyclic) bond motifs is 1. The SMILES string of the molecule is Cl.NS(=O)(=O)N1CCC2(CN(c3ncnc4c3CC(=O)N4)C2)C1. The third-order valence-electron chi connectivity index (χ3n) is 4.63. The lowest BCUT2D eigenvalue weighted by atomic mass is 9.79. The fourth-order valence-electron chi connectivity index (χ4n) is 3.57. The van der Waals surface area contributed by atoms with Gasteiger partial charge in [-0.1, -0.05) is 0 Å². The van der Waals surface area contributed by atoms with E-state index in [0.29, 0.717) is 18.9 Å². The summed E-state index contributed by atoms with van der Waals surface area (Å²) in [7, 11) is -3.61. The van der Waals surface area contributed by atoms with Gasteiger partial charge in [-0.15, -0.1) is 12.4 Å². The molecule has 3 N–H and O–H groups in total. The number of halogens is 1. The van der Waals surface area contributed by atoms with E-state index in [0.717, 1.165) is 30.9 Å². The number of carbonyl (C=O) groups is 1. The van der Waals surface area contributed by atoms with E-state index in [-0.39, 0.29) is 30.2 Å². The van der Waals surface area contributed by atoms with Crippen LogP contribution in [-0.2, 0) is 21.4 Å². The Morgan fingerprint density at radius 2 is 2.00 bits per heavy atom. The van der Waals surface area contributed by atoms with Gasteiger partial charge in [0.25, 0.3) is 10.2 Å². The van der Waals surface area contributed by atoms with Crippen molar-refractivity contribution in [2.75, 3.05) is 36.4 Å². The number of nitrogens with zero attached hydrogens (tertiary/aromatic N) is 4. The molecule has 2 fully saturated rings. The highest BCUT2D eigenvalue weighted by atomic mass is 35.5. The van der Waals surface area contributed by atoms with Gasteiger partial charge in [0.15, 0.2) is 0 Å². The summed E-state index contributed by atoms with van der Waals surface area (Å²) < 4.78 is 24.2. The number of anilines is 2. The second-order valence-electron chi connectivity index (χ2n) is 6.23. The van der Waals surface area contributed by atoms with Crippen molar-refractivity contribution in [3.63, 3.8) is 0 Å². The van der Waals surface area contributed by atoms with Crippen LogP contribution in [0.1, 0.15) is 12.0 Å². The lowest BCUT2D eigenvalue weighted by Crippen LogP contribution is -2.58. The molecule has 9 nitrogen and oxygen atoms in total. The molecule has 1 aromatic heterocycles. The molecule has 0 aromatic carbocycles. The van der Waals surface area contributed by atoms with E-state index in [1.165, 1.54) is 10.6 Å². The standard InChI is InChI=1S/C12H16N6O3S.ClH/c13-22(20,21)18-2-1-12(6-18)4-17(5-12)11-8-3-9(19)16-10(8)14-7-15-11;/h7H,1-6H2,(H2,13,20,21)(H,14,15,16,19);1H. The second-order valence-corrected chi connectivity index (χ2v) is 7.78. The van der Waals surface area contributed by atoms with Gasteiger partial charge in [0.05, 0.1) is 6.42 Å². The number of rotatable bonds is 2. The molecule has 1 spiro atoms. The summed E-state index contributed by atoms with van der Waals surface area (Å²) in [4.78, 5) is 21.9. The minimum atomic E-state index is -3.61. The third-order valence-corrected chi connectivity index (χ3v) is 5.66. The van der Waals surface area contributed by atoms with Crippen LogP contribution in [-0.4, -0.2) is 54.8 Å². The lowest BCUT2D eigenvalue weighted by Gasteiger charge is -2.49. The number of aromatic nitrogens is 2. The summed E-state index contributed by atoms with van der Waals surface area (Å²) in [5, 5.41) is 7.90. The van der Waals surface area contributed by atoms with Crippen LogP contribution in [0.5, 0.6) is 0 Å². The number of hydrogen-bond acceptors (Lipinski definition) is 6. The molecule has 0 radical (unpaired) electrons. The summed E-state index contributed by atoms with van der Waals surface area (Å²) in [5.41, 5.74) is 0.768. The number of amides is 1. The van der Waals surface area contributed by atoms with E-state index in [1.807, 2.05) is 0 Å². The Balaban J connectivity index is 0.00000156. The molecule has 0 bridgehead atoms. The molecule has 11 heteroatoms. The molecular formula is C12H17ClN6O3S. The first-order chi connectivity index (χ1) is 10.4. The molecule has 126 valence electrons. The van der Waals surface area contributed by atoms with Crippen LogP contribution < -0.4 is 15.4 Å². The van der Waals surface area contributed by atoms with Crippen LogP contribution in [0.25, 0.3) is 0 Å². The Morgan fingerprint density at radius 1 is 1.26 bits per heavy atom. The molecule has 3 aliphatic rings. The van der Waals surface area contributed by atoms with Crippen molar-refractivity contribution in [1.82, 2.24) is 14.3 Å². The molecule has 0 saturated carbocycles. The van der Waals surface area contributed by atoms with Crippen molar-refractivity contribution in [3.8, 4) is 0 Å². The quantitative estimate of drug-likeness (QED) is 0.705. The first-order valence-corrected chi connectivity index (χ1v) is 8.53. The van der Waals surface area contributed by atoms with E-state index < -0.39 is 10.2 Å². The predicted octanol–water partition coefficient (Wildman–Crippen LogP) is -0.891. The minimum absolute atomic E-state index is 0. The van der Waals surface area contributed by atoms with Crippen LogP contribution >= 0.6 is 12.4 Å². The summed E-state index contributed by atoms with van der Waals surface area (Å²) >= 11 is 0. The van der Waals surface area contributed by atoms with Crippen LogP contribution in [0.4, 0.5) is 11.6 Å². The largest absolute Gasteiger partial charge is 0.355 e. The Kier molecular flexibility index (Phi) is 3.75. The van der Waals surface area contributed by atoms with Gasteiger partial charge in [0.2, 0.25) is 5.91 Å². The Labute approximate surface area is 139 Å². The van der Waals surface area contributed by atoms with Gasteiger partial charge in [0.1, 0.15) is 18.0 Å². The molecule has 1 amide bonds. The zero-order valence-corrected chi connectivity index (χ0v) is 13.9. The number of carbonyl (C=O) groups excluding carboxylic acids is 1. The molecule has 2 saturated heterocycles. The van der Waals surface area contributed by atoms with Crippen LogP contribution in [0.3, 0.4) is 0 Å². The van der Waals surface area contributed by atoms with Crippen molar-refractivity contribution in [2.24, 2.45) is 10.6 Å². The molecule has 23 heavy (non-hydrogen) atoms. The molecule has 0 aliphatic carbocycles. The normalized spacial score (nSPS) is 22.5. The first-order valence-electron chi connectivity index (χ1n) is 7.03. The monoisotopic (exact) mass is 360 g/mol. The Hall–Kier alpha value is -1.49. The van der Waals surface area contributed by atoms with Gasteiger partial charge in [-0.3, -0.25) is 4.79 Å². The van der Waals surface area contributed by atoms with Gasteiger partial charge in [-0.05, 0) is 6.42 Å².